The first-order valence-corrected chi connectivity index (χ1v) is 8.72. The smallest absolute Gasteiger partial charge is 0.157 e. The Morgan fingerprint density at radius 1 is 0.750 bits per heavy atom. The van der Waals surface area contributed by atoms with Crippen LogP contribution in [0.1, 0.15) is 96.8 Å². The minimum atomic E-state index is 0.163. The Balaban J connectivity index is 3.04. The first-order valence-electron chi connectivity index (χ1n) is 8.72. The van der Waals surface area contributed by atoms with Gasteiger partial charge in [-0.15, -0.1) is 0 Å². The number of ketones is 1. The van der Waals surface area contributed by atoms with E-state index in [9.17, 15) is 4.79 Å². The van der Waals surface area contributed by atoms with E-state index in [1.54, 1.807) is 0 Å². The van der Waals surface area contributed by atoms with Gasteiger partial charge in [-0.1, -0.05) is 84.0 Å². The molecule has 20 heavy (non-hydrogen) atoms. The second-order valence-electron chi connectivity index (χ2n) is 5.82. The third-order valence-corrected chi connectivity index (χ3v) is 3.81. The number of nitrogens with two attached hydrogens (primary N) is 1. The van der Waals surface area contributed by atoms with Crippen LogP contribution in [0.15, 0.2) is 12.3 Å². The summed E-state index contributed by atoms with van der Waals surface area (Å²) in [4.78, 5) is 11.2. The van der Waals surface area contributed by atoms with E-state index in [2.05, 4.69) is 6.92 Å². The van der Waals surface area contributed by atoms with E-state index in [1.165, 1.54) is 89.3 Å². The van der Waals surface area contributed by atoms with Gasteiger partial charge in [0.15, 0.2) is 5.78 Å². The van der Waals surface area contributed by atoms with E-state index < -0.39 is 0 Å². The van der Waals surface area contributed by atoms with Crippen molar-refractivity contribution in [3.05, 3.63) is 12.3 Å². The summed E-state index contributed by atoms with van der Waals surface area (Å²) in [5.74, 6) is 0.163. The summed E-state index contributed by atoms with van der Waals surface area (Å²) in [5, 5.41) is 0. The van der Waals surface area contributed by atoms with Gasteiger partial charge in [-0.3, -0.25) is 4.79 Å². The Labute approximate surface area is 126 Å². The Bertz CT molecular complexity index is 236. The van der Waals surface area contributed by atoms with E-state index >= 15 is 0 Å². The molecule has 0 saturated carbocycles. The Morgan fingerprint density at radius 2 is 1.15 bits per heavy atom. The van der Waals surface area contributed by atoms with Crippen LogP contribution in [0.5, 0.6) is 0 Å². The second kappa shape index (κ2) is 16.3. The first-order chi connectivity index (χ1) is 9.81. The molecule has 0 unspecified atom stereocenters. The van der Waals surface area contributed by atoms with Gasteiger partial charge in [-0.05, 0) is 18.7 Å². The largest absolute Gasteiger partial charge is 0.404 e. The summed E-state index contributed by atoms with van der Waals surface area (Å²) in [6, 6.07) is 0. The van der Waals surface area contributed by atoms with Crippen molar-refractivity contribution in [2.45, 2.75) is 96.8 Å². The highest BCUT2D eigenvalue weighted by molar-refractivity contribution is 5.89. The lowest BCUT2D eigenvalue weighted by molar-refractivity contribution is -0.114. The zero-order valence-electron chi connectivity index (χ0n) is 13.5. The molecule has 0 saturated heterocycles. The van der Waals surface area contributed by atoms with E-state index in [0.717, 1.165) is 6.42 Å². The first kappa shape index (κ1) is 19.2. The zero-order valence-corrected chi connectivity index (χ0v) is 13.5. The average Bonchev–Trinajstić information content (AvgIpc) is 2.44. The fourth-order valence-electron chi connectivity index (χ4n) is 2.51. The molecular formula is C18H35NO. The molecule has 0 aromatic rings. The Kier molecular flexibility index (Phi) is 15.6. The van der Waals surface area contributed by atoms with Crippen molar-refractivity contribution in [2.24, 2.45) is 5.73 Å². The van der Waals surface area contributed by atoms with Gasteiger partial charge in [0.25, 0.3) is 0 Å². The predicted octanol–water partition coefficient (Wildman–Crippen LogP) is 5.51. The highest BCUT2D eigenvalue weighted by Crippen LogP contribution is 2.12. The highest BCUT2D eigenvalue weighted by Gasteiger charge is 1.97. The fraction of sp³-hybridized carbons (Fsp3) is 0.833. The normalized spacial score (nSPS) is 11.2. The van der Waals surface area contributed by atoms with E-state index in [1.807, 2.05) is 0 Å². The topological polar surface area (TPSA) is 43.1 Å². The quantitative estimate of drug-likeness (QED) is 0.318. The van der Waals surface area contributed by atoms with Crippen LogP contribution in [0.25, 0.3) is 0 Å². The summed E-state index contributed by atoms with van der Waals surface area (Å²) in [5.41, 5.74) is 5.17. The maximum atomic E-state index is 11.2. The van der Waals surface area contributed by atoms with Gasteiger partial charge >= 0.3 is 0 Å². The number of rotatable bonds is 15. The molecule has 0 aliphatic carbocycles. The number of carbonyl (C=O) groups is 1. The maximum Gasteiger partial charge on any atom is 0.157 e. The van der Waals surface area contributed by atoms with E-state index in [-0.39, 0.29) is 5.78 Å². The molecular weight excluding hydrogens is 246 g/mol. The third kappa shape index (κ3) is 15.3. The van der Waals surface area contributed by atoms with Crippen molar-refractivity contribution in [1.29, 1.82) is 0 Å². The summed E-state index contributed by atoms with van der Waals surface area (Å²) >= 11 is 0. The van der Waals surface area contributed by atoms with Crippen molar-refractivity contribution >= 4 is 5.78 Å². The molecule has 0 atom stereocenters. The minimum Gasteiger partial charge on any atom is -0.404 e. The molecule has 0 aliphatic rings. The van der Waals surface area contributed by atoms with Gasteiger partial charge in [0.2, 0.25) is 0 Å². The molecule has 0 radical (unpaired) electrons. The van der Waals surface area contributed by atoms with E-state index in [4.69, 9.17) is 5.73 Å². The minimum absolute atomic E-state index is 0.163. The van der Waals surface area contributed by atoms with Gasteiger partial charge in [-0.2, -0.15) is 0 Å². The van der Waals surface area contributed by atoms with Crippen LogP contribution >= 0.6 is 0 Å². The molecule has 2 heteroatoms. The molecule has 0 aliphatic heterocycles. The predicted molar refractivity (Wildman–Crippen MR) is 88.6 cm³/mol. The molecule has 0 rings (SSSR count). The van der Waals surface area contributed by atoms with Crippen molar-refractivity contribution in [2.75, 3.05) is 0 Å². The number of unbranched alkanes of at least 4 members (excludes halogenated alkanes) is 12. The van der Waals surface area contributed by atoms with Gasteiger partial charge in [0.05, 0.1) is 0 Å². The molecule has 2 N–H and O–H groups in total. The lowest BCUT2D eigenvalue weighted by Gasteiger charge is -2.02. The second-order valence-corrected chi connectivity index (χ2v) is 5.82. The van der Waals surface area contributed by atoms with Gasteiger partial charge in [0.1, 0.15) is 0 Å². The SMILES string of the molecule is CCCCCCCCCCCCCCCC(=O)/C=C/N. The summed E-state index contributed by atoms with van der Waals surface area (Å²) in [7, 11) is 0. The van der Waals surface area contributed by atoms with Crippen LogP contribution in [-0.2, 0) is 4.79 Å². The molecule has 2 nitrogen and oxygen atoms in total. The molecule has 118 valence electrons. The van der Waals surface area contributed by atoms with Crippen LogP contribution in [-0.4, -0.2) is 5.78 Å². The highest BCUT2D eigenvalue weighted by atomic mass is 16.1. The van der Waals surface area contributed by atoms with Crippen molar-refractivity contribution in [1.82, 2.24) is 0 Å². The number of hydrogen-bond donors (Lipinski definition) is 1. The van der Waals surface area contributed by atoms with Crippen LogP contribution in [0, 0.1) is 0 Å². The number of hydrogen-bond acceptors (Lipinski definition) is 2. The molecule has 0 heterocycles. The monoisotopic (exact) mass is 281 g/mol. The van der Waals surface area contributed by atoms with Crippen molar-refractivity contribution in [3.8, 4) is 0 Å². The summed E-state index contributed by atoms with van der Waals surface area (Å²) < 4.78 is 0. The van der Waals surface area contributed by atoms with Crippen molar-refractivity contribution in [3.63, 3.8) is 0 Å². The lowest BCUT2D eigenvalue weighted by atomic mass is 10.0. The Morgan fingerprint density at radius 3 is 1.55 bits per heavy atom. The molecule has 0 bridgehead atoms. The Hall–Kier alpha value is -0.790. The van der Waals surface area contributed by atoms with Crippen LogP contribution < -0.4 is 5.73 Å². The zero-order chi connectivity index (χ0) is 14.9. The van der Waals surface area contributed by atoms with Gasteiger partial charge in [0, 0.05) is 6.42 Å². The van der Waals surface area contributed by atoms with Crippen LogP contribution in [0.4, 0.5) is 0 Å². The fourth-order valence-corrected chi connectivity index (χ4v) is 2.51. The van der Waals surface area contributed by atoms with Gasteiger partial charge < -0.3 is 5.73 Å². The molecule has 0 fully saturated rings. The average molecular weight is 281 g/mol. The summed E-state index contributed by atoms with van der Waals surface area (Å²) in [6.07, 6.45) is 20.9. The van der Waals surface area contributed by atoms with Crippen molar-refractivity contribution < 1.29 is 4.79 Å². The third-order valence-electron chi connectivity index (χ3n) is 3.81. The maximum absolute atomic E-state index is 11.2. The number of allylic oxidation sites excluding steroid dienone is 1. The van der Waals surface area contributed by atoms with E-state index in [0.29, 0.717) is 6.42 Å². The number of carbonyl (C=O) groups excluding carboxylic acids is 1. The van der Waals surface area contributed by atoms with Crippen LogP contribution in [0.2, 0.25) is 0 Å². The molecule has 0 aromatic carbocycles. The van der Waals surface area contributed by atoms with Crippen LogP contribution in [0.3, 0.4) is 0 Å². The standard InChI is InChI=1S/C18H35NO/c1-2-3-4-5-6-7-8-9-10-11-12-13-14-15-18(20)16-17-19/h16-17H,2-15,19H2,1H3/b17-16+. The van der Waals surface area contributed by atoms with Gasteiger partial charge in [-0.25, -0.2) is 0 Å². The molecule has 0 amide bonds. The lowest BCUT2D eigenvalue weighted by Crippen LogP contribution is -1.94. The summed E-state index contributed by atoms with van der Waals surface area (Å²) in [6.45, 7) is 2.27. The molecule has 0 aromatic heterocycles. The molecule has 0 spiro atoms.